The van der Waals surface area contributed by atoms with Crippen LogP contribution in [0, 0.1) is 0 Å². The third-order valence-corrected chi connectivity index (χ3v) is 6.12. The highest BCUT2D eigenvalue weighted by atomic mass is 16.7. The van der Waals surface area contributed by atoms with E-state index < -0.39 is 74.6 Å². The Labute approximate surface area is 198 Å². The summed E-state index contributed by atoms with van der Waals surface area (Å²) < 4.78 is 22.1. The van der Waals surface area contributed by atoms with Crippen LogP contribution in [0.3, 0.4) is 0 Å². The molecule has 13 nitrogen and oxygen atoms in total. The van der Waals surface area contributed by atoms with E-state index in [4.69, 9.17) is 18.9 Å². The number of hydrogen-bond donors (Lipinski definition) is 9. The number of aromatic hydroxyl groups is 1. The van der Waals surface area contributed by atoms with Crippen molar-refractivity contribution in [3.05, 3.63) is 30.3 Å². The highest BCUT2D eigenvalue weighted by Gasteiger charge is 2.46. The molecule has 0 radical (unpaired) electrons. The molecule has 0 aliphatic carbocycles. The molecule has 0 amide bonds. The lowest BCUT2D eigenvalue weighted by atomic mass is 9.99. The van der Waals surface area contributed by atoms with Crippen molar-refractivity contribution >= 4 is 10.8 Å². The van der Waals surface area contributed by atoms with Gasteiger partial charge in [-0.15, -0.1) is 0 Å². The Morgan fingerprint density at radius 2 is 1.11 bits per heavy atom. The maximum absolute atomic E-state index is 10.5. The van der Waals surface area contributed by atoms with Gasteiger partial charge in [-0.05, 0) is 18.2 Å². The highest BCUT2D eigenvalue weighted by Crippen LogP contribution is 2.41. The summed E-state index contributed by atoms with van der Waals surface area (Å²) in [5, 5.41) is 90.1. The Hall–Kier alpha value is -2.30. The van der Waals surface area contributed by atoms with Crippen LogP contribution in [-0.2, 0) is 9.47 Å². The molecule has 2 saturated heterocycles. The molecule has 0 saturated carbocycles. The quantitative estimate of drug-likeness (QED) is 0.192. The standard InChI is InChI=1S/C22H28O13/c23-6-12-15(26)17(28)19(30)21(34-12)32-10-4-5-11(14-8(10)2-1-3-9(14)25)33-22-20(31)18(29)16(27)13(7-24)35-22/h1-5,12-13,15-31H,6-7H2. The average molecular weight is 500 g/mol. The number of aliphatic hydroxyl groups excluding tert-OH is 8. The molecule has 2 fully saturated rings. The van der Waals surface area contributed by atoms with Gasteiger partial charge in [-0.3, -0.25) is 0 Å². The lowest BCUT2D eigenvalue weighted by Crippen LogP contribution is -2.60. The van der Waals surface area contributed by atoms with Crippen molar-refractivity contribution in [2.45, 2.75) is 61.4 Å². The number of rotatable bonds is 6. The minimum absolute atomic E-state index is 0.0106. The fourth-order valence-electron chi connectivity index (χ4n) is 4.11. The lowest BCUT2D eigenvalue weighted by Gasteiger charge is -2.40. The van der Waals surface area contributed by atoms with E-state index in [1.807, 2.05) is 0 Å². The zero-order chi connectivity index (χ0) is 25.4. The average Bonchev–Trinajstić information content (AvgIpc) is 2.85. The number of aliphatic hydroxyl groups is 8. The molecule has 4 rings (SSSR count). The van der Waals surface area contributed by atoms with Crippen molar-refractivity contribution in [2.24, 2.45) is 0 Å². The molecule has 2 aliphatic heterocycles. The molecule has 10 unspecified atom stereocenters. The minimum atomic E-state index is -1.68. The van der Waals surface area contributed by atoms with E-state index >= 15 is 0 Å². The number of phenolic OH excluding ortho intramolecular Hbond substituents is 1. The number of benzene rings is 2. The second-order valence-corrected chi connectivity index (χ2v) is 8.39. The number of phenols is 1. The van der Waals surface area contributed by atoms with Gasteiger partial charge < -0.3 is 64.9 Å². The summed E-state index contributed by atoms with van der Waals surface area (Å²) in [5.41, 5.74) is 0. The molecule has 194 valence electrons. The minimum Gasteiger partial charge on any atom is -0.507 e. The molecular formula is C22H28O13. The maximum Gasteiger partial charge on any atom is 0.229 e. The van der Waals surface area contributed by atoms with Gasteiger partial charge >= 0.3 is 0 Å². The van der Waals surface area contributed by atoms with Crippen LogP contribution in [0.15, 0.2) is 30.3 Å². The van der Waals surface area contributed by atoms with Crippen molar-refractivity contribution < 1.29 is 64.9 Å². The smallest absolute Gasteiger partial charge is 0.229 e. The molecule has 2 aromatic rings. The van der Waals surface area contributed by atoms with Gasteiger partial charge in [-0.1, -0.05) is 12.1 Å². The Morgan fingerprint density at radius 3 is 1.63 bits per heavy atom. The summed E-state index contributed by atoms with van der Waals surface area (Å²) >= 11 is 0. The summed E-state index contributed by atoms with van der Waals surface area (Å²) in [6.45, 7) is -1.29. The first-order valence-corrected chi connectivity index (χ1v) is 10.9. The van der Waals surface area contributed by atoms with Gasteiger partial charge in [0, 0.05) is 5.39 Å². The van der Waals surface area contributed by atoms with Crippen LogP contribution in [0.2, 0.25) is 0 Å². The first kappa shape index (κ1) is 25.8. The lowest BCUT2D eigenvalue weighted by molar-refractivity contribution is -0.277. The summed E-state index contributed by atoms with van der Waals surface area (Å²) in [4.78, 5) is 0. The topological polar surface area (TPSA) is 219 Å². The molecule has 0 bridgehead atoms. The number of fused-ring (bicyclic) bond motifs is 1. The maximum atomic E-state index is 10.5. The number of hydrogen-bond acceptors (Lipinski definition) is 13. The predicted molar refractivity (Wildman–Crippen MR) is 114 cm³/mol. The van der Waals surface area contributed by atoms with Gasteiger partial charge in [0.15, 0.2) is 0 Å². The molecule has 35 heavy (non-hydrogen) atoms. The summed E-state index contributed by atoms with van der Waals surface area (Å²) in [7, 11) is 0. The van der Waals surface area contributed by atoms with Gasteiger partial charge in [-0.2, -0.15) is 0 Å². The second kappa shape index (κ2) is 10.4. The number of ether oxygens (including phenoxy) is 4. The summed E-state index contributed by atoms with van der Waals surface area (Å²) in [5.74, 6) is -0.202. The van der Waals surface area contributed by atoms with E-state index in [-0.39, 0.29) is 28.0 Å². The normalized spacial score (nSPS) is 37.8. The Bertz CT molecular complexity index is 1010. The fourth-order valence-corrected chi connectivity index (χ4v) is 4.11. The van der Waals surface area contributed by atoms with E-state index in [0.717, 1.165) is 0 Å². The first-order chi connectivity index (χ1) is 16.7. The first-order valence-electron chi connectivity index (χ1n) is 10.9. The second-order valence-electron chi connectivity index (χ2n) is 8.39. The van der Waals surface area contributed by atoms with Crippen molar-refractivity contribution in [3.8, 4) is 17.2 Å². The molecule has 2 heterocycles. The van der Waals surface area contributed by atoms with Crippen LogP contribution < -0.4 is 9.47 Å². The van der Waals surface area contributed by atoms with Crippen molar-refractivity contribution in [3.63, 3.8) is 0 Å². The molecule has 10 atom stereocenters. The largest absolute Gasteiger partial charge is 0.507 e. The zero-order valence-electron chi connectivity index (χ0n) is 18.2. The van der Waals surface area contributed by atoms with Crippen LogP contribution in [0.1, 0.15) is 0 Å². The van der Waals surface area contributed by atoms with Crippen molar-refractivity contribution in [1.82, 2.24) is 0 Å². The molecular weight excluding hydrogens is 472 g/mol. The van der Waals surface area contributed by atoms with Crippen LogP contribution >= 0.6 is 0 Å². The molecule has 13 heteroatoms. The van der Waals surface area contributed by atoms with E-state index in [0.29, 0.717) is 0 Å². The summed E-state index contributed by atoms with van der Waals surface area (Å²) in [6.07, 6.45) is -15.2. The predicted octanol–water partition coefficient (Wildman–Crippen LogP) is -3.10. The fraction of sp³-hybridized carbons (Fsp3) is 0.545. The highest BCUT2D eigenvalue weighted by molar-refractivity contribution is 5.97. The Kier molecular flexibility index (Phi) is 7.63. The van der Waals surface area contributed by atoms with Crippen molar-refractivity contribution in [2.75, 3.05) is 13.2 Å². The van der Waals surface area contributed by atoms with Crippen LogP contribution in [0.25, 0.3) is 10.8 Å². The van der Waals surface area contributed by atoms with Gasteiger partial charge in [-0.25, -0.2) is 0 Å². The van der Waals surface area contributed by atoms with Crippen LogP contribution in [-0.4, -0.2) is 121 Å². The van der Waals surface area contributed by atoms with Crippen LogP contribution in [0.5, 0.6) is 17.2 Å². The van der Waals surface area contributed by atoms with Gasteiger partial charge in [0.25, 0.3) is 0 Å². The van der Waals surface area contributed by atoms with E-state index in [9.17, 15) is 46.0 Å². The van der Waals surface area contributed by atoms with Gasteiger partial charge in [0.1, 0.15) is 66.1 Å². The van der Waals surface area contributed by atoms with E-state index in [1.165, 1.54) is 30.3 Å². The monoisotopic (exact) mass is 500 g/mol. The van der Waals surface area contributed by atoms with Gasteiger partial charge in [0.05, 0.1) is 18.6 Å². The Morgan fingerprint density at radius 1 is 0.629 bits per heavy atom. The SMILES string of the molecule is OCC1OC(Oc2ccc(OC3OC(CO)C(O)C(O)C3O)c3c(O)cccc23)C(O)C(O)C1O. The summed E-state index contributed by atoms with van der Waals surface area (Å²) in [6, 6.07) is 7.09. The van der Waals surface area contributed by atoms with Gasteiger partial charge in [0.2, 0.25) is 12.6 Å². The Balaban J connectivity index is 1.64. The van der Waals surface area contributed by atoms with Crippen LogP contribution in [0.4, 0.5) is 0 Å². The van der Waals surface area contributed by atoms with E-state index in [2.05, 4.69) is 0 Å². The molecule has 2 aliphatic rings. The van der Waals surface area contributed by atoms with Crippen molar-refractivity contribution in [1.29, 1.82) is 0 Å². The van der Waals surface area contributed by atoms with E-state index in [1.54, 1.807) is 0 Å². The zero-order valence-corrected chi connectivity index (χ0v) is 18.2. The third kappa shape index (κ3) is 4.75. The third-order valence-electron chi connectivity index (χ3n) is 6.12. The molecule has 9 N–H and O–H groups in total. The molecule has 0 spiro atoms. The molecule has 0 aromatic heterocycles. The molecule has 2 aromatic carbocycles.